The Labute approximate surface area is 351 Å². The zero-order valence-corrected chi connectivity index (χ0v) is 37.2. The Morgan fingerprint density at radius 2 is 1.10 bits per heavy atom. The molecular weight excluding hydrogens is 759 g/mol. The van der Waals surface area contributed by atoms with Crippen molar-refractivity contribution in [1.82, 2.24) is 0 Å². The Hall–Kier alpha value is -2.37. The maximum atomic E-state index is 12.6. The van der Waals surface area contributed by atoms with E-state index < -0.39 is 64.5 Å². The van der Waals surface area contributed by atoms with Gasteiger partial charge in [-0.05, 0) is 50.9 Å². The Morgan fingerprint density at radius 3 is 1.66 bits per heavy atom. The molecule has 12 heteroatoms. The lowest BCUT2D eigenvalue weighted by Crippen LogP contribution is -2.30. The highest BCUT2D eigenvalue weighted by Crippen LogP contribution is 2.43. The van der Waals surface area contributed by atoms with Crippen molar-refractivity contribution in [2.24, 2.45) is 5.92 Å². The van der Waals surface area contributed by atoms with Crippen molar-refractivity contribution in [2.75, 3.05) is 26.4 Å². The average Bonchev–Trinajstić information content (AvgIpc) is 3.19. The van der Waals surface area contributed by atoms with Crippen molar-refractivity contribution < 1.29 is 52.9 Å². The molecule has 0 radical (unpaired) electrons. The number of phosphoric ester groups is 1. The number of esters is 2. The molecule has 336 valence electrons. The first-order chi connectivity index (χ1) is 28.0. The molecule has 0 spiro atoms. The van der Waals surface area contributed by atoms with Crippen LogP contribution in [0.25, 0.3) is 0 Å². The van der Waals surface area contributed by atoms with Gasteiger partial charge < -0.3 is 29.7 Å². The van der Waals surface area contributed by atoms with Crippen LogP contribution in [-0.4, -0.2) is 76.9 Å². The van der Waals surface area contributed by atoms with Crippen LogP contribution in [-0.2, 0) is 32.7 Å². The van der Waals surface area contributed by atoms with Gasteiger partial charge in [-0.1, -0.05) is 171 Å². The Balaban J connectivity index is 4.46. The van der Waals surface area contributed by atoms with Gasteiger partial charge >= 0.3 is 19.8 Å². The molecule has 0 aliphatic heterocycles. The standard InChI is InChI=1S/C46H81O11P/c1-4-5-6-7-8-9-10-13-17-20-23-26-29-33-42(48)34-31-36-45(50)54-39-44(40-56-58(52,53)55-38-43(49)37-47)57-46(51)35-30-27-24-21-18-15-12-11-14-16-19-22-25-28-32-41(2)3/h5-6,8-9,13,17,23,26,29,33,41-44,47-49H,4,7,10-12,14-16,18-22,24-25,27-28,30-32,34-40H2,1-3H3,(H,52,53)/b6-5-,9-8-,17-13-,26-23-,33-29+/t42?,43-,44+/m0/s1. The molecule has 4 N–H and O–H groups in total. The largest absolute Gasteiger partial charge is 0.472 e. The number of phosphoric acid groups is 1. The topological polar surface area (TPSA) is 169 Å². The molecule has 2 unspecified atom stereocenters. The Morgan fingerprint density at radius 1 is 0.603 bits per heavy atom. The van der Waals surface area contributed by atoms with Crippen molar-refractivity contribution in [3.63, 3.8) is 0 Å². The minimum atomic E-state index is -4.67. The minimum absolute atomic E-state index is 0.00965. The summed E-state index contributed by atoms with van der Waals surface area (Å²) < 4.78 is 32.6. The minimum Gasteiger partial charge on any atom is -0.462 e. The van der Waals surface area contributed by atoms with Crippen LogP contribution in [0.2, 0.25) is 0 Å². The number of aliphatic hydroxyl groups excluding tert-OH is 3. The third kappa shape index (κ3) is 40.4. The highest BCUT2D eigenvalue weighted by atomic mass is 31.2. The molecule has 0 bridgehead atoms. The summed E-state index contributed by atoms with van der Waals surface area (Å²) in [5.74, 6) is -0.318. The molecule has 0 saturated carbocycles. The molecule has 0 aromatic carbocycles. The smallest absolute Gasteiger partial charge is 0.462 e. The van der Waals surface area contributed by atoms with Crippen molar-refractivity contribution in [3.8, 4) is 0 Å². The fraction of sp³-hybridized carbons (Fsp3) is 0.739. The molecule has 11 nitrogen and oxygen atoms in total. The normalized spacial score (nSPS) is 15.0. The summed E-state index contributed by atoms with van der Waals surface area (Å²) in [7, 11) is -4.67. The van der Waals surface area contributed by atoms with Crippen LogP contribution in [0.5, 0.6) is 0 Å². The molecule has 0 aromatic heterocycles. The Kier molecular flexibility index (Phi) is 38.4. The number of hydrogen-bond donors (Lipinski definition) is 4. The zero-order chi connectivity index (χ0) is 43.0. The highest BCUT2D eigenvalue weighted by molar-refractivity contribution is 7.47. The van der Waals surface area contributed by atoms with E-state index in [-0.39, 0.29) is 12.8 Å². The molecule has 0 heterocycles. The van der Waals surface area contributed by atoms with E-state index in [4.69, 9.17) is 19.1 Å². The van der Waals surface area contributed by atoms with E-state index in [0.717, 1.165) is 50.9 Å². The summed E-state index contributed by atoms with van der Waals surface area (Å²) in [4.78, 5) is 35.0. The first-order valence-corrected chi connectivity index (χ1v) is 23.7. The van der Waals surface area contributed by atoms with Gasteiger partial charge in [-0.3, -0.25) is 18.6 Å². The van der Waals surface area contributed by atoms with E-state index in [2.05, 4.69) is 61.8 Å². The summed E-state index contributed by atoms with van der Waals surface area (Å²) in [6.45, 7) is 4.37. The number of allylic oxidation sites excluding steroid dienone is 9. The van der Waals surface area contributed by atoms with Gasteiger partial charge in [0.15, 0.2) is 6.10 Å². The first kappa shape index (κ1) is 55.6. The maximum absolute atomic E-state index is 12.6. The molecule has 0 rings (SSSR count). The molecule has 58 heavy (non-hydrogen) atoms. The second-order valence-electron chi connectivity index (χ2n) is 15.4. The molecule has 0 amide bonds. The molecule has 0 aliphatic rings. The van der Waals surface area contributed by atoms with E-state index >= 15 is 0 Å². The quantitative estimate of drug-likeness (QED) is 0.0152. The number of aliphatic hydroxyl groups is 3. The van der Waals surface area contributed by atoms with Crippen LogP contribution in [0, 0.1) is 5.92 Å². The number of hydrogen-bond acceptors (Lipinski definition) is 10. The molecule has 0 fully saturated rings. The van der Waals surface area contributed by atoms with Crippen molar-refractivity contribution >= 4 is 19.8 Å². The van der Waals surface area contributed by atoms with E-state index in [0.29, 0.717) is 19.3 Å². The third-order valence-electron chi connectivity index (χ3n) is 9.22. The van der Waals surface area contributed by atoms with Crippen LogP contribution >= 0.6 is 7.82 Å². The fourth-order valence-electron chi connectivity index (χ4n) is 5.79. The fourth-order valence-corrected chi connectivity index (χ4v) is 6.58. The van der Waals surface area contributed by atoms with Gasteiger partial charge in [0.05, 0.1) is 25.9 Å². The number of ether oxygens (including phenoxy) is 2. The van der Waals surface area contributed by atoms with Crippen LogP contribution in [0.3, 0.4) is 0 Å². The van der Waals surface area contributed by atoms with Crippen LogP contribution < -0.4 is 0 Å². The molecule has 0 saturated heterocycles. The highest BCUT2D eigenvalue weighted by Gasteiger charge is 2.27. The van der Waals surface area contributed by atoms with Gasteiger partial charge in [0.1, 0.15) is 12.7 Å². The van der Waals surface area contributed by atoms with Gasteiger partial charge in [0, 0.05) is 12.8 Å². The maximum Gasteiger partial charge on any atom is 0.472 e. The molecule has 0 aromatic rings. The van der Waals surface area contributed by atoms with Crippen LogP contribution in [0.15, 0.2) is 60.8 Å². The Bertz CT molecular complexity index is 1180. The van der Waals surface area contributed by atoms with Gasteiger partial charge in [-0.15, -0.1) is 0 Å². The predicted octanol–water partition coefficient (Wildman–Crippen LogP) is 10.7. The number of carbonyl (C=O) groups is 2. The zero-order valence-electron chi connectivity index (χ0n) is 36.3. The van der Waals surface area contributed by atoms with E-state index in [9.17, 15) is 29.3 Å². The van der Waals surface area contributed by atoms with E-state index in [1.165, 1.54) is 70.6 Å². The van der Waals surface area contributed by atoms with Crippen molar-refractivity contribution in [3.05, 3.63) is 60.8 Å². The van der Waals surface area contributed by atoms with Gasteiger partial charge in [-0.25, -0.2) is 4.57 Å². The third-order valence-corrected chi connectivity index (χ3v) is 10.2. The SMILES string of the molecule is CC/C=C\C/C=C\C/C=C\C/C=C\C=C\C(O)CCCC(=O)OC[C@H](COP(=O)(O)OC[C@@H](O)CO)OC(=O)CCCCCCCCCCCCCCCCC(C)C. The number of rotatable bonds is 40. The molecular formula is C46H81O11P. The summed E-state index contributed by atoms with van der Waals surface area (Å²) in [6.07, 6.45) is 39.4. The summed E-state index contributed by atoms with van der Waals surface area (Å²) >= 11 is 0. The van der Waals surface area contributed by atoms with Crippen molar-refractivity contribution in [2.45, 2.75) is 187 Å². The lowest BCUT2D eigenvalue weighted by atomic mass is 10.0. The molecule has 4 atom stereocenters. The number of carbonyl (C=O) groups excluding carboxylic acids is 2. The monoisotopic (exact) mass is 841 g/mol. The predicted molar refractivity (Wildman–Crippen MR) is 234 cm³/mol. The van der Waals surface area contributed by atoms with Gasteiger partial charge in [0.2, 0.25) is 0 Å². The summed E-state index contributed by atoms with van der Waals surface area (Å²) in [5, 5.41) is 28.6. The summed E-state index contributed by atoms with van der Waals surface area (Å²) in [6, 6.07) is 0. The lowest BCUT2D eigenvalue weighted by Gasteiger charge is -2.20. The van der Waals surface area contributed by atoms with E-state index in [1.54, 1.807) is 12.2 Å². The second-order valence-corrected chi connectivity index (χ2v) is 16.8. The lowest BCUT2D eigenvalue weighted by molar-refractivity contribution is -0.161. The first-order valence-electron chi connectivity index (χ1n) is 22.2. The average molecular weight is 841 g/mol. The number of unbranched alkanes of at least 4 members (excludes halogenated alkanes) is 13. The van der Waals surface area contributed by atoms with E-state index in [1.807, 2.05) is 12.2 Å². The second kappa shape index (κ2) is 40.1. The van der Waals surface area contributed by atoms with Crippen LogP contribution in [0.1, 0.15) is 168 Å². The van der Waals surface area contributed by atoms with Gasteiger partial charge in [-0.2, -0.15) is 0 Å². The summed E-state index contributed by atoms with van der Waals surface area (Å²) in [5.41, 5.74) is 0. The van der Waals surface area contributed by atoms with Crippen molar-refractivity contribution in [1.29, 1.82) is 0 Å². The molecule has 0 aliphatic carbocycles. The van der Waals surface area contributed by atoms with Gasteiger partial charge in [0.25, 0.3) is 0 Å². The van der Waals surface area contributed by atoms with Crippen LogP contribution in [0.4, 0.5) is 0 Å².